The molecule has 2 rings (SSSR count). The van der Waals surface area contributed by atoms with Crippen LogP contribution in [0.25, 0.3) is 0 Å². The molecule has 3 unspecified atom stereocenters. The molecule has 75 valence electrons. The van der Waals surface area contributed by atoms with Crippen LogP contribution < -0.4 is 10.6 Å². The van der Waals surface area contributed by atoms with E-state index in [9.17, 15) is 0 Å². The molecule has 0 saturated carbocycles. The Morgan fingerprint density at radius 1 is 1.15 bits per heavy atom. The lowest BCUT2D eigenvalue weighted by Gasteiger charge is -2.22. The standard InChI is InChI=1S/C11H21N2/c1-9(11-5-3-7-13-11)8-10-4-2-6-12-10/h9-13H,1-8H2. The van der Waals surface area contributed by atoms with Gasteiger partial charge in [0.15, 0.2) is 0 Å². The van der Waals surface area contributed by atoms with Gasteiger partial charge in [0, 0.05) is 12.1 Å². The van der Waals surface area contributed by atoms with Crippen molar-refractivity contribution in [1.29, 1.82) is 0 Å². The Labute approximate surface area is 81.5 Å². The van der Waals surface area contributed by atoms with Gasteiger partial charge < -0.3 is 10.6 Å². The average Bonchev–Trinajstić information content (AvgIpc) is 2.74. The highest BCUT2D eigenvalue weighted by Gasteiger charge is 2.24. The zero-order valence-corrected chi connectivity index (χ0v) is 8.39. The number of rotatable bonds is 3. The van der Waals surface area contributed by atoms with Crippen LogP contribution in [0.4, 0.5) is 0 Å². The Morgan fingerprint density at radius 3 is 2.54 bits per heavy atom. The third-order valence-corrected chi connectivity index (χ3v) is 3.42. The minimum atomic E-state index is 0.609. The van der Waals surface area contributed by atoms with Crippen molar-refractivity contribution in [3.8, 4) is 0 Å². The maximum atomic E-state index is 4.28. The van der Waals surface area contributed by atoms with Gasteiger partial charge in [0.25, 0.3) is 0 Å². The minimum absolute atomic E-state index is 0.609. The van der Waals surface area contributed by atoms with E-state index in [2.05, 4.69) is 17.6 Å². The molecule has 2 nitrogen and oxygen atoms in total. The summed E-state index contributed by atoms with van der Waals surface area (Å²) < 4.78 is 0. The summed E-state index contributed by atoms with van der Waals surface area (Å²) in [5.41, 5.74) is 0. The highest BCUT2D eigenvalue weighted by Crippen LogP contribution is 2.21. The number of hydrogen-bond acceptors (Lipinski definition) is 2. The third kappa shape index (κ3) is 2.44. The molecule has 2 aliphatic heterocycles. The van der Waals surface area contributed by atoms with Crippen LogP contribution in [0.5, 0.6) is 0 Å². The number of nitrogens with one attached hydrogen (secondary N) is 2. The predicted octanol–water partition coefficient (Wildman–Crippen LogP) is 1.33. The minimum Gasteiger partial charge on any atom is -0.314 e. The SMILES string of the molecule is [CH2]C(CC1CCCN1)C1CCCN1. The van der Waals surface area contributed by atoms with Gasteiger partial charge >= 0.3 is 0 Å². The van der Waals surface area contributed by atoms with Crippen LogP contribution in [0.1, 0.15) is 32.1 Å². The van der Waals surface area contributed by atoms with Crippen molar-refractivity contribution in [2.24, 2.45) is 5.92 Å². The van der Waals surface area contributed by atoms with Gasteiger partial charge in [-0.15, -0.1) is 0 Å². The topological polar surface area (TPSA) is 24.1 Å². The summed E-state index contributed by atoms with van der Waals surface area (Å²) in [6.07, 6.45) is 6.65. The first-order chi connectivity index (χ1) is 6.36. The van der Waals surface area contributed by atoms with Crippen LogP contribution in [-0.2, 0) is 0 Å². The Morgan fingerprint density at radius 2 is 1.92 bits per heavy atom. The quantitative estimate of drug-likeness (QED) is 0.686. The van der Waals surface area contributed by atoms with Crippen molar-refractivity contribution < 1.29 is 0 Å². The second kappa shape index (κ2) is 4.43. The lowest BCUT2D eigenvalue weighted by atomic mass is 9.92. The Kier molecular flexibility index (Phi) is 3.23. The van der Waals surface area contributed by atoms with E-state index in [-0.39, 0.29) is 0 Å². The van der Waals surface area contributed by atoms with Gasteiger partial charge in [-0.2, -0.15) is 0 Å². The second-order valence-electron chi connectivity index (χ2n) is 4.49. The second-order valence-corrected chi connectivity index (χ2v) is 4.49. The summed E-state index contributed by atoms with van der Waals surface area (Å²) >= 11 is 0. The van der Waals surface area contributed by atoms with Gasteiger partial charge in [0.2, 0.25) is 0 Å². The van der Waals surface area contributed by atoms with Crippen molar-refractivity contribution in [1.82, 2.24) is 10.6 Å². The first-order valence-electron chi connectivity index (χ1n) is 5.66. The van der Waals surface area contributed by atoms with E-state index >= 15 is 0 Å². The van der Waals surface area contributed by atoms with Gasteiger partial charge in [0.1, 0.15) is 0 Å². The summed E-state index contributed by atoms with van der Waals surface area (Å²) in [6, 6.07) is 1.45. The summed E-state index contributed by atoms with van der Waals surface area (Å²) in [4.78, 5) is 0. The van der Waals surface area contributed by atoms with Gasteiger partial charge in [-0.3, -0.25) is 0 Å². The van der Waals surface area contributed by atoms with Crippen LogP contribution in [0.15, 0.2) is 0 Å². The van der Waals surface area contributed by atoms with Crippen LogP contribution >= 0.6 is 0 Å². The smallest absolute Gasteiger partial charge is 0.00963 e. The van der Waals surface area contributed by atoms with Gasteiger partial charge in [-0.25, -0.2) is 0 Å². The molecule has 0 spiro atoms. The zero-order valence-electron chi connectivity index (χ0n) is 8.39. The normalized spacial score (nSPS) is 36.7. The molecule has 2 heteroatoms. The fourth-order valence-electron chi connectivity index (χ4n) is 2.60. The molecule has 1 radical (unpaired) electrons. The third-order valence-electron chi connectivity index (χ3n) is 3.42. The van der Waals surface area contributed by atoms with Crippen LogP contribution in [0.2, 0.25) is 0 Å². The summed E-state index contributed by atoms with van der Waals surface area (Å²) in [5, 5.41) is 7.08. The molecule has 2 N–H and O–H groups in total. The maximum absolute atomic E-state index is 4.28. The monoisotopic (exact) mass is 181 g/mol. The van der Waals surface area contributed by atoms with E-state index in [1.54, 1.807) is 0 Å². The highest BCUT2D eigenvalue weighted by molar-refractivity contribution is 4.87. The Bertz CT molecular complexity index is 146. The lowest BCUT2D eigenvalue weighted by Crippen LogP contribution is -2.33. The van der Waals surface area contributed by atoms with E-state index in [1.165, 1.54) is 45.2 Å². The Balaban J connectivity index is 1.73. The largest absolute Gasteiger partial charge is 0.314 e. The van der Waals surface area contributed by atoms with Crippen molar-refractivity contribution >= 4 is 0 Å². The molecule has 2 fully saturated rings. The first-order valence-corrected chi connectivity index (χ1v) is 5.66. The van der Waals surface area contributed by atoms with E-state index in [0.717, 1.165) is 6.04 Å². The number of hydrogen-bond donors (Lipinski definition) is 2. The van der Waals surface area contributed by atoms with Crippen LogP contribution in [0, 0.1) is 12.8 Å². The summed E-state index contributed by atoms with van der Waals surface area (Å²) in [7, 11) is 0. The van der Waals surface area contributed by atoms with Gasteiger partial charge in [0.05, 0.1) is 0 Å². The van der Waals surface area contributed by atoms with Crippen molar-refractivity contribution in [3.63, 3.8) is 0 Å². The van der Waals surface area contributed by atoms with E-state index in [0.29, 0.717) is 12.0 Å². The molecule has 0 aromatic heterocycles. The molecule has 0 aromatic carbocycles. The lowest BCUT2D eigenvalue weighted by molar-refractivity contribution is 0.383. The molecule has 3 atom stereocenters. The molecular weight excluding hydrogens is 160 g/mol. The molecule has 2 aliphatic rings. The van der Waals surface area contributed by atoms with E-state index in [1.807, 2.05) is 0 Å². The molecular formula is C11H21N2. The summed E-state index contributed by atoms with van der Waals surface area (Å²) in [6.45, 7) is 6.70. The molecule has 0 bridgehead atoms. The summed E-state index contributed by atoms with van der Waals surface area (Å²) in [5.74, 6) is 0.609. The van der Waals surface area contributed by atoms with Crippen molar-refractivity contribution in [2.75, 3.05) is 13.1 Å². The van der Waals surface area contributed by atoms with Gasteiger partial charge in [-0.1, -0.05) is 0 Å². The van der Waals surface area contributed by atoms with E-state index < -0.39 is 0 Å². The van der Waals surface area contributed by atoms with Crippen molar-refractivity contribution in [2.45, 2.75) is 44.2 Å². The molecule has 2 saturated heterocycles. The fraction of sp³-hybridized carbons (Fsp3) is 0.909. The fourth-order valence-corrected chi connectivity index (χ4v) is 2.60. The molecule has 0 aliphatic carbocycles. The van der Waals surface area contributed by atoms with Crippen LogP contribution in [0.3, 0.4) is 0 Å². The predicted molar refractivity (Wildman–Crippen MR) is 55.5 cm³/mol. The molecule has 0 amide bonds. The van der Waals surface area contributed by atoms with Crippen molar-refractivity contribution in [3.05, 3.63) is 6.92 Å². The first kappa shape index (κ1) is 9.47. The molecule has 2 heterocycles. The maximum Gasteiger partial charge on any atom is 0.00963 e. The van der Waals surface area contributed by atoms with Gasteiger partial charge in [-0.05, 0) is 58.0 Å². The average molecular weight is 181 g/mol. The van der Waals surface area contributed by atoms with E-state index in [4.69, 9.17) is 0 Å². The molecule has 0 aromatic rings. The van der Waals surface area contributed by atoms with Crippen LogP contribution in [-0.4, -0.2) is 25.2 Å². The molecule has 13 heavy (non-hydrogen) atoms. The Hall–Kier alpha value is -0.0800. The highest BCUT2D eigenvalue weighted by atomic mass is 15.0. The zero-order chi connectivity index (χ0) is 9.10.